The van der Waals surface area contributed by atoms with Crippen molar-refractivity contribution in [3.63, 3.8) is 0 Å². The third-order valence-electron chi connectivity index (χ3n) is 3.78. The second kappa shape index (κ2) is 9.11. The van der Waals surface area contributed by atoms with Gasteiger partial charge in [0, 0.05) is 17.5 Å². The molecule has 2 aromatic rings. The minimum atomic E-state index is -0.534. The summed E-state index contributed by atoms with van der Waals surface area (Å²) in [6, 6.07) is 3.29. The van der Waals surface area contributed by atoms with Gasteiger partial charge in [-0.05, 0) is 33.3 Å². The van der Waals surface area contributed by atoms with E-state index in [-0.39, 0.29) is 31.2 Å². The van der Waals surface area contributed by atoms with Crippen LogP contribution in [-0.4, -0.2) is 44.4 Å². The highest BCUT2D eigenvalue weighted by Crippen LogP contribution is 2.10. The molecule has 0 atom stereocenters. The molecule has 1 amide bonds. The van der Waals surface area contributed by atoms with Crippen LogP contribution >= 0.6 is 0 Å². The summed E-state index contributed by atoms with van der Waals surface area (Å²) in [5, 5.41) is 6.83. The lowest BCUT2D eigenvalue weighted by atomic mass is 10.2. The van der Waals surface area contributed by atoms with Crippen LogP contribution in [0.4, 0.5) is 0 Å². The average molecular weight is 375 g/mol. The third-order valence-corrected chi connectivity index (χ3v) is 3.78. The molecule has 9 heteroatoms. The van der Waals surface area contributed by atoms with Gasteiger partial charge in [0.25, 0.3) is 5.56 Å². The van der Waals surface area contributed by atoms with Gasteiger partial charge in [-0.2, -0.15) is 5.10 Å². The van der Waals surface area contributed by atoms with Crippen molar-refractivity contribution in [3.8, 4) is 5.95 Å². The molecule has 0 aliphatic carbocycles. The third kappa shape index (κ3) is 5.25. The predicted octanol–water partition coefficient (Wildman–Crippen LogP) is 0.678. The standard InChI is InChI=1S/C18H25N5O4/c1-5-7-14-9-16(25)22(11-15(24)19-10-17(26)27-6-2)18(20-14)23-13(4)8-12(3)21-23/h8-9H,5-7,10-11H2,1-4H3,(H,19,24). The van der Waals surface area contributed by atoms with E-state index in [0.717, 1.165) is 17.8 Å². The van der Waals surface area contributed by atoms with E-state index in [4.69, 9.17) is 4.74 Å². The second-order valence-electron chi connectivity index (χ2n) is 6.14. The summed E-state index contributed by atoms with van der Waals surface area (Å²) in [7, 11) is 0. The van der Waals surface area contributed by atoms with E-state index in [2.05, 4.69) is 15.4 Å². The Morgan fingerprint density at radius 3 is 2.56 bits per heavy atom. The number of carbonyl (C=O) groups is 2. The maximum Gasteiger partial charge on any atom is 0.325 e. The van der Waals surface area contributed by atoms with Crippen molar-refractivity contribution < 1.29 is 14.3 Å². The number of hydrogen-bond acceptors (Lipinski definition) is 6. The number of nitrogens with one attached hydrogen (secondary N) is 1. The fraction of sp³-hybridized carbons (Fsp3) is 0.500. The number of aryl methyl sites for hydroxylation is 3. The molecule has 0 aliphatic heterocycles. The van der Waals surface area contributed by atoms with E-state index >= 15 is 0 Å². The van der Waals surface area contributed by atoms with Crippen LogP contribution in [0.1, 0.15) is 37.4 Å². The van der Waals surface area contributed by atoms with Crippen LogP contribution in [0.2, 0.25) is 0 Å². The molecule has 0 saturated heterocycles. The summed E-state index contributed by atoms with van der Waals surface area (Å²) >= 11 is 0. The van der Waals surface area contributed by atoms with E-state index in [0.29, 0.717) is 12.1 Å². The Bertz CT molecular complexity index is 884. The number of hydrogen-bond donors (Lipinski definition) is 1. The number of carbonyl (C=O) groups excluding carboxylic acids is 2. The molecule has 0 saturated carbocycles. The summed E-state index contributed by atoms with van der Waals surface area (Å²) in [4.78, 5) is 40.8. The highest BCUT2D eigenvalue weighted by molar-refractivity contribution is 5.81. The fourth-order valence-electron chi connectivity index (χ4n) is 2.65. The first-order valence-electron chi connectivity index (χ1n) is 8.92. The molecule has 146 valence electrons. The Morgan fingerprint density at radius 1 is 1.22 bits per heavy atom. The number of amides is 1. The van der Waals surface area contributed by atoms with Crippen molar-refractivity contribution in [2.24, 2.45) is 0 Å². The van der Waals surface area contributed by atoms with E-state index in [1.807, 2.05) is 26.8 Å². The summed E-state index contributed by atoms with van der Waals surface area (Å²) in [5.41, 5.74) is 1.88. The maximum absolute atomic E-state index is 12.6. The topological polar surface area (TPSA) is 108 Å². The molecule has 0 spiro atoms. The van der Waals surface area contributed by atoms with Gasteiger partial charge in [-0.1, -0.05) is 13.3 Å². The molecule has 0 bridgehead atoms. The highest BCUT2D eigenvalue weighted by Gasteiger charge is 2.17. The van der Waals surface area contributed by atoms with E-state index in [1.54, 1.807) is 11.6 Å². The Morgan fingerprint density at radius 2 is 1.96 bits per heavy atom. The Labute approximate surface area is 157 Å². The smallest absolute Gasteiger partial charge is 0.325 e. The van der Waals surface area contributed by atoms with Gasteiger partial charge in [-0.3, -0.25) is 19.0 Å². The zero-order chi connectivity index (χ0) is 20.0. The van der Waals surface area contributed by atoms with Crippen molar-refractivity contribution >= 4 is 11.9 Å². The number of nitrogens with zero attached hydrogens (tertiary/aromatic N) is 4. The number of aromatic nitrogens is 4. The van der Waals surface area contributed by atoms with Crippen LogP contribution in [0.25, 0.3) is 5.95 Å². The Kier molecular flexibility index (Phi) is 6.86. The first kappa shape index (κ1) is 20.3. The predicted molar refractivity (Wildman–Crippen MR) is 98.7 cm³/mol. The van der Waals surface area contributed by atoms with Gasteiger partial charge in [-0.15, -0.1) is 0 Å². The van der Waals surface area contributed by atoms with Gasteiger partial charge >= 0.3 is 5.97 Å². The molecule has 0 fully saturated rings. The van der Waals surface area contributed by atoms with Crippen molar-refractivity contribution in [3.05, 3.63) is 39.6 Å². The number of esters is 1. The van der Waals surface area contributed by atoms with Gasteiger partial charge in [0.05, 0.1) is 12.3 Å². The minimum Gasteiger partial charge on any atom is -0.465 e. The lowest BCUT2D eigenvalue weighted by Gasteiger charge is -2.14. The summed E-state index contributed by atoms with van der Waals surface area (Å²) in [6.07, 6.45) is 1.49. The molecule has 2 aromatic heterocycles. The number of rotatable bonds is 8. The first-order chi connectivity index (χ1) is 12.8. The van der Waals surface area contributed by atoms with Gasteiger partial charge in [0.15, 0.2) is 0 Å². The van der Waals surface area contributed by atoms with Crippen LogP contribution in [-0.2, 0) is 27.3 Å². The normalized spacial score (nSPS) is 10.7. The highest BCUT2D eigenvalue weighted by atomic mass is 16.5. The lowest BCUT2D eigenvalue weighted by molar-refractivity contribution is -0.143. The molecule has 2 heterocycles. The first-order valence-corrected chi connectivity index (χ1v) is 8.92. The lowest BCUT2D eigenvalue weighted by Crippen LogP contribution is -2.37. The summed E-state index contributed by atoms with van der Waals surface area (Å²) in [6.45, 7) is 7.09. The largest absolute Gasteiger partial charge is 0.465 e. The molecular weight excluding hydrogens is 350 g/mol. The van der Waals surface area contributed by atoms with Crippen LogP contribution in [0, 0.1) is 13.8 Å². The fourth-order valence-corrected chi connectivity index (χ4v) is 2.65. The van der Waals surface area contributed by atoms with Crippen molar-refractivity contribution in [2.75, 3.05) is 13.2 Å². The molecule has 0 radical (unpaired) electrons. The zero-order valence-electron chi connectivity index (χ0n) is 16.1. The molecular formula is C18H25N5O4. The molecule has 27 heavy (non-hydrogen) atoms. The van der Waals surface area contributed by atoms with E-state index < -0.39 is 11.9 Å². The average Bonchev–Trinajstić information content (AvgIpc) is 2.94. The van der Waals surface area contributed by atoms with Crippen LogP contribution in [0.15, 0.2) is 16.9 Å². The monoisotopic (exact) mass is 375 g/mol. The molecule has 1 N–H and O–H groups in total. The molecule has 0 aromatic carbocycles. The van der Waals surface area contributed by atoms with Gasteiger partial charge < -0.3 is 10.1 Å². The summed E-state index contributed by atoms with van der Waals surface area (Å²) in [5.74, 6) is -0.741. The van der Waals surface area contributed by atoms with E-state index in [1.165, 1.54) is 10.6 Å². The Hall–Kier alpha value is -2.97. The maximum atomic E-state index is 12.6. The van der Waals surface area contributed by atoms with Gasteiger partial charge in [-0.25, -0.2) is 9.67 Å². The van der Waals surface area contributed by atoms with Gasteiger partial charge in [0.1, 0.15) is 13.1 Å². The van der Waals surface area contributed by atoms with Crippen LogP contribution in [0.5, 0.6) is 0 Å². The molecule has 2 rings (SSSR count). The molecule has 0 aliphatic rings. The van der Waals surface area contributed by atoms with Gasteiger partial charge in [0.2, 0.25) is 11.9 Å². The van der Waals surface area contributed by atoms with Crippen molar-refractivity contribution in [1.29, 1.82) is 0 Å². The Balaban J connectivity index is 2.34. The minimum absolute atomic E-state index is 0.235. The molecule has 9 nitrogen and oxygen atoms in total. The zero-order valence-corrected chi connectivity index (χ0v) is 16.1. The second-order valence-corrected chi connectivity index (χ2v) is 6.14. The van der Waals surface area contributed by atoms with Crippen molar-refractivity contribution in [2.45, 2.75) is 47.1 Å². The summed E-state index contributed by atoms with van der Waals surface area (Å²) < 4.78 is 7.57. The molecule has 0 unspecified atom stereocenters. The van der Waals surface area contributed by atoms with Crippen LogP contribution < -0.4 is 10.9 Å². The van der Waals surface area contributed by atoms with Crippen molar-refractivity contribution in [1.82, 2.24) is 24.6 Å². The number of ether oxygens (including phenoxy) is 1. The van der Waals surface area contributed by atoms with Crippen LogP contribution in [0.3, 0.4) is 0 Å². The SMILES string of the molecule is CCCc1cc(=O)n(CC(=O)NCC(=O)OCC)c(-n2nc(C)cc2C)n1. The quantitative estimate of drug-likeness (QED) is 0.680. The van der Waals surface area contributed by atoms with E-state index in [9.17, 15) is 14.4 Å².